The molecule has 120 valence electrons. The Balaban J connectivity index is 1.68. The number of benzene rings is 3. The van der Waals surface area contributed by atoms with E-state index in [1.807, 2.05) is 61.7 Å². The molecule has 0 N–H and O–H groups in total. The molecule has 3 aromatic rings. The van der Waals surface area contributed by atoms with Gasteiger partial charge >= 0.3 is 0 Å². The van der Waals surface area contributed by atoms with E-state index in [9.17, 15) is 4.39 Å². The number of aliphatic imine (C=N–C) groups is 1. The van der Waals surface area contributed by atoms with E-state index in [-0.39, 0.29) is 5.82 Å². The first-order valence-corrected chi connectivity index (χ1v) is 7.78. The number of rotatable bonds is 5. The molecule has 0 aliphatic rings. The summed E-state index contributed by atoms with van der Waals surface area (Å²) in [5.74, 6) is 0.515. The third kappa shape index (κ3) is 4.29. The van der Waals surface area contributed by atoms with Gasteiger partial charge < -0.3 is 4.74 Å². The topological polar surface area (TPSA) is 21.6 Å². The zero-order chi connectivity index (χ0) is 16.8. The van der Waals surface area contributed by atoms with Crippen molar-refractivity contribution >= 4 is 11.9 Å². The minimum Gasteiger partial charge on any atom is -0.489 e. The van der Waals surface area contributed by atoms with Gasteiger partial charge in [-0.1, -0.05) is 42.5 Å². The van der Waals surface area contributed by atoms with Crippen molar-refractivity contribution in [2.24, 2.45) is 4.99 Å². The van der Waals surface area contributed by atoms with Crippen LogP contribution in [0.3, 0.4) is 0 Å². The molecule has 0 spiro atoms. The number of hydrogen-bond donors (Lipinski definition) is 0. The molecule has 0 unspecified atom stereocenters. The van der Waals surface area contributed by atoms with Gasteiger partial charge in [-0.15, -0.1) is 0 Å². The van der Waals surface area contributed by atoms with Gasteiger partial charge in [0.15, 0.2) is 0 Å². The fraction of sp³-hybridized carbons (Fsp3) is 0.0952. The average Bonchev–Trinajstić information content (AvgIpc) is 2.61. The lowest BCUT2D eigenvalue weighted by Gasteiger charge is -2.07. The predicted octanol–water partition coefficient (Wildman–Crippen LogP) is 5.46. The van der Waals surface area contributed by atoms with Crippen LogP contribution in [0.1, 0.15) is 16.7 Å². The molecule has 0 bridgehead atoms. The lowest BCUT2D eigenvalue weighted by molar-refractivity contribution is 0.306. The minimum atomic E-state index is -0.242. The second-order valence-electron chi connectivity index (χ2n) is 5.53. The van der Waals surface area contributed by atoms with E-state index in [4.69, 9.17) is 4.74 Å². The van der Waals surface area contributed by atoms with Gasteiger partial charge in [-0.25, -0.2) is 4.39 Å². The highest BCUT2D eigenvalue weighted by Crippen LogP contribution is 2.18. The smallest absolute Gasteiger partial charge is 0.123 e. The summed E-state index contributed by atoms with van der Waals surface area (Å²) >= 11 is 0. The van der Waals surface area contributed by atoms with Gasteiger partial charge in [-0.05, 0) is 53.9 Å². The summed E-state index contributed by atoms with van der Waals surface area (Å²) < 4.78 is 18.7. The summed E-state index contributed by atoms with van der Waals surface area (Å²) in [5, 5.41) is 0. The van der Waals surface area contributed by atoms with Crippen molar-refractivity contribution in [2.45, 2.75) is 13.5 Å². The molecule has 24 heavy (non-hydrogen) atoms. The molecular formula is C21H18FNO. The van der Waals surface area contributed by atoms with Gasteiger partial charge in [-0.2, -0.15) is 0 Å². The van der Waals surface area contributed by atoms with Crippen molar-refractivity contribution in [2.75, 3.05) is 0 Å². The Labute approximate surface area is 141 Å². The van der Waals surface area contributed by atoms with Gasteiger partial charge in [0.1, 0.15) is 18.2 Å². The molecule has 0 atom stereocenters. The molecule has 0 saturated heterocycles. The van der Waals surface area contributed by atoms with Crippen LogP contribution in [0.15, 0.2) is 77.8 Å². The zero-order valence-electron chi connectivity index (χ0n) is 13.4. The standard InChI is InChI=1S/C21H18FNO/c1-16-5-2-3-8-21(16)23-14-18-6-4-7-20(13-18)24-15-17-9-11-19(22)12-10-17/h2-14H,15H2,1H3. The maximum atomic E-state index is 12.9. The molecule has 0 saturated carbocycles. The first-order chi connectivity index (χ1) is 11.7. The van der Waals surface area contributed by atoms with Crippen molar-refractivity contribution in [1.82, 2.24) is 0 Å². The molecule has 3 aromatic carbocycles. The van der Waals surface area contributed by atoms with E-state index in [2.05, 4.69) is 4.99 Å². The number of ether oxygens (including phenoxy) is 1. The summed E-state index contributed by atoms with van der Waals surface area (Å²) in [5.41, 5.74) is 3.98. The Bertz CT molecular complexity index is 840. The van der Waals surface area contributed by atoms with E-state index in [0.29, 0.717) is 6.61 Å². The van der Waals surface area contributed by atoms with Crippen molar-refractivity contribution < 1.29 is 9.13 Å². The fourth-order valence-corrected chi connectivity index (χ4v) is 2.28. The molecule has 2 nitrogen and oxygen atoms in total. The normalized spacial score (nSPS) is 10.9. The van der Waals surface area contributed by atoms with E-state index in [0.717, 1.165) is 28.1 Å². The molecule has 0 aliphatic heterocycles. The van der Waals surface area contributed by atoms with Crippen LogP contribution in [-0.2, 0) is 6.61 Å². The maximum Gasteiger partial charge on any atom is 0.123 e. The highest BCUT2D eigenvalue weighted by molar-refractivity contribution is 5.82. The quantitative estimate of drug-likeness (QED) is 0.572. The number of para-hydroxylation sites is 1. The van der Waals surface area contributed by atoms with Crippen LogP contribution in [-0.4, -0.2) is 6.21 Å². The Morgan fingerprint density at radius 3 is 2.54 bits per heavy atom. The molecule has 0 aliphatic carbocycles. The SMILES string of the molecule is Cc1ccccc1N=Cc1cccc(OCc2ccc(F)cc2)c1. The second kappa shape index (κ2) is 7.55. The highest BCUT2D eigenvalue weighted by Gasteiger charge is 1.99. The average molecular weight is 319 g/mol. The van der Waals surface area contributed by atoms with Crippen LogP contribution in [0.4, 0.5) is 10.1 Å². The van der Waals surface area contributed by atoms with Gasteiger partial charge in [0.05, 0.1) is 5.69 Å². The van der Waals surface area contributed by atoms with E-state index in [1.165, 1.54) is 12.1 Å². The van der Waals surface area contributed by atoms with Gasteiger partial charge in [0, 0.05) is 6.21 Å². The third-order valence-corrected chi connectivity index (χ3v) is 3.65. The van der Waals surface area contributed by atoms with Crippen LogP contribution in [0.2, 0.25) is 0 Å². The van der Waals surface area contributed by atoms with Crippen LogP contribution < -0.4 is 4.74 Å². The van der Waals surface area contributed by atoms with Crippen molar-refractivity contribution in [3.63, 3.8) is 0 Å². The fourth-order valence-electron chi connectivity index (χ4n) is 2.28. The number of hydrogen-bond acceptors (Lipinski definition) is 2. The van der Waals surface area contributed by atoms with E-state index >= 15 is 0 Å². The van der Waals surface area contributed by atoms with Gasteiger partial charge in [-0.3, -0.25) is 4.99 Å². The summed E-state index contributed by atoms with van der Waals surface area (Å²) in [6.07, 6.45) is 1.83. The molecule has 3 heteroatoms. The first kappa shape index (κ1) is 15.9. The van der Waals surface area contributed by atoms with Crippen LogP contribution >= 0.6 is 0 Å². The predicted molar refractivity (Wildman–Crippen MR) is 95.6 cm³/mol. The molecular weight excluding hydrogens is 301 g/mol. The molecule has 0 aromatic heterocycles. The lowest BCUT2D eigenvalue weighted by Crippen LogP contribution is -1.96. The second-order valence-corrected chi connectivity index (χ2v) is 5.53. The highest BCUT2D eigenvalue weighted by atomic mass is 19.1. The Hall–Kier alpha value is -2.94. The molecule has 0 radical (unpaired) electrons. The largest absolute Gasteiger partial charge is 0.489 e. The number of nitrogens with zero attached hydrogens (tertiary/aromatic N) is 1. The molecule has 0 fully saturated rings. The Morgan fingerprint density at radius 2 is 1.75 bits per heavy atom. The minimum absolute atomic E-state index is 0.242. The Morgan fingerprint density at radius 1 is 0.958 bits per heavy atom. The van der Waals surface area contributed by atoms with Crippen LogP contribution in [0.5, 0.6) is 5.75 Å². The first-order valence-electron chi connectivity index (χ1n) is 7.78. The molecule has 0 amide bonds. The van der Waals surface area contributed by atoms with Crippen molar-refractivity contribution in [1.29, 1.82) is 0 Å². The van der Waals surface area contributed by atoms with Crippen molar-refractivity contribution in [3.05, 3.63) is 95.3 Å². The van der Waals surface area contributed by atoms with E-state index in [1.54, 1.807) is 12.1 Å². The van der Waals surface area contributed by atoms with E-state index < -0.39 is 0 Å². The third-order valence-electron chi connectivity index (χ3n) is 3.65. The summed E-state index contributed by atoms with van der Waals surface area (Å²) in [7, 11) is 0. The summed E-state index contributed by atoms with van der Waals surface area (Å²) in [6, 6.07) is 22.0. The molecule has 0 heterocycles. The van der Waals surface area contributed by atoms with Gasteiger partial charge in [0.25, 0.3) is 0 Å². The monoisotopic (exact) mass is 319 g/mol. The summed E-state index contributed by atoms with van der Waals surface area (Å²) in [4.78, 5) is 4.52. The van der Waals surface area contributed by atoms with Crippen LogP contribution in [0.25, 0.3) is 0 Å². The number of aryl methyl sites for hydroxylation is 1. The maximum absolute atomic E-state index is 12.9. The summed E-state index contributed by atoms with van der Waals surface area (Å²) in [6.45, 7) is 2.44. The number of halogens is 1. The molecule has 3 rings (SSSR count). The lowest BCUT2D eigenvalue weighted by atomic mass is 10.2. The van der Waals surface area contributed by atoms with Crippen LogP contribution in [0, 0.1) is 12.7 Å². The van der Waals surface area contributed by atoms with Crippen molar-refractivity contribution in [3.8, 4) is 5.75 Å². The zero-order valence-corrected chi connectivity index (χ0v) is 13.4. The van der Waals surface area contributed by atoms with Gasteiger partial charge in [0.2, 0.25) is 0 Å². The Kier molecular flexibility index (Phi) is 5.02.